The fraction of sp³-hybridized carbons (Fsp3) is 0.294. The maximum absolute atomic E-state index is 12.5. The molecule has 0 radical (unpaired) electrons. The number of aromatic amines is 1. The van der Waals surface area contributed by atoms with Crippen LogP contribution < -0.4 is 10.1 Å². The van der Waals surface area contributed by atoms with Gasteiger partial charge in [-0.15, -0.1) is 0 Å². The molecule has 0 fully saturated rings. The van der Waals surface area contributed by atoms with Crippen LogP contribution in [0.25, 0.3) is 0 Å². The van der Waals surface area contributed by atoms with Crippen molar-refractivity contribution in [2.45, 2.75) is 20.8 Å². The first-order valence-electron chi connectivity index (χ1n) is 7.30. The number of aromatic nitrogens is 1. The lowest BCUT2D eigenvalue weighted by Gasteiger charge is -2.09. The van der Waals surface area contributed by atoms with Crippen LogP contribution in [0.5, 0.6) is 5.75 Å². The molecule has 0 atom stereocenters. The van der Waals surface area contributed by atoms with Gasteiger partial charge in [0, 0.05) is 5.69 Å². The molecule has 0 aliphatic carbocycles. The van der Waals surface area contributed by atoms with Crippen LogP contribution in [0.15, 0.2) is 24.3 Å². The molecule has 1 aromatic heterocycles. The molecule has 1 aromatic carbocycles. The second kappa shape index (κ2) is 7.00. The molecule has 2 aromatic rings. The van der Waals surface area contributed by atoms with E-state index in [9.17, 15) is 9.59 Å². The molecule has 122 valence electrons. The number of ether oxygens (including phenoxy) is 2. The zero-order chi connectivity index (χ0) is 17.0. The summed E-state index contributed by atoms with van der Waals surface area (Å²) in [6.07, 6.45) is 0. The van der Waals surface area contributed by atoms with E-state index in [2.05, 4.69) is 10.3 Å². The fourth-order valence-electron chi connectivity index (χ4n) is 2.42. The van der Waals surface area contributed by atoms with Crippen molar-refractivity contribution in [2.75, 3.05) is 19.0 Å². The fourth-order valence-corrected chi connectivity index (χ4v) is 2.42. The first-order valence-corrected chi connectivity index (χ1v) is 7.30. The largest absolute Gasteiger partial charge is 0.495 e. The molecule has 1 amide bonds. The molecule has 2 rings (SSSR count). The van der Waals surface area contributed by atoms with Crippen LogP contribution in [0.4, 0.5) is 5.69 Å². The van der Waals surface area contributed by atoms with Gasteiger partial charge in [-0.1, -0.05) is 12.1 Å². The van der Waals surface area contributed by atoms with Gasteiger partial charge < -0.3 is 19.8 Å². The van der Waals surface area contributed by atoms with E-state index in [0.717, 1.165) is 0 Å². The average Bonchev–Trinajstić information content (AvgIpc) is 2.83. The Morgan fingerprint density at radius 1 is 1.22 bits per heavy atom. The molecule has 0 saturated heterocycles. The minimum Gasteiger partial charge on any atom is -0.495 e. The number of amides is 1. The lowest BCUT2D eigenvalue weighted by atomic mass is 10.1. The minimum atomic E-state index is -0.435. The van der Waals surface area contributed by atoms with Crippen molar-refractivity contribution in [3.05, 3.63) is 46.8 Å². The van der Waals surface area contributed by atoms with Gasteiger partial charge in [-0.3, -0.25) is 4.79 Å². The molecule has 0 spiro atoms. The van der Waals surface area contributed by atoms with E-state index >= 15 is 0 Å². The SMILES string of the molecule is CCOC(=O)c1c(C)[nH]c(C(=O)Nc2ccccc2OC)c1C. The van der Waals surface area contributed by atoms with Crippen molar-refractivity contribution >= 4 is 17.6 Å². The summed E-state index contributed by atoms with van der Waals surface area (Å²) in [6, 6.07) is 7.12. The number of hydrogen-bond donors (Lipinski definition) is 2. The zero-order valence-corrected chi connectivity index (χ0v) is 13.6. The second-order valence-corrected chi connectivity index (χ2v) is 5.00. The number of aryl methyl sites for hydroxylation is 1. The Bertz CT molecular complexity index is 734. The number of hydrogen-bond acceptors (Lipinski definition) is 4. The Morgan fingerprint density at radius 3 is 2.57 bits per heavy atom. The monoisotopic (exact) mass is 316 g/mol. The number of methoxy groups -OCH3 is 1. The Morgan fingerprint density at radius 2 is 1.91 bits per heavy atom. The van der Waals surface area contributed by atoms with E-state index in [1.807, 2.05) is 6.07 Å². The molecule has 0 aliphatic heterocycles. The van der Waals surface area contributed by atoms with E-state index in [-0.39, 0.29) is 12.5 Å². The highest BCUT2D eigenvalue weighted by Gasteiger charge is 2.23. The number of benzene rings is 1. The quantitative estimate of drug-likeness (QED) is 0.831. The van der Waals surface area contributed by atoms with Crippen LogP contribution in [0.1, 0.15) is 39.0 Å². The Hall–Kier alpha value is -2.76. The van der Waals surface area contributed by atoms with Crippen molar-refractivity contribution in [1.82, 2.24) is 4.98 Å². The molecular weight excluding hydrogens is 296 g/mol. The molecule has 6 nitrogen and oxygen atoms in total. The number of rotatable bonds is 5. The first kappa shape index (κ1) is 16.6. The van der Waals surface area contributed by atoms with Gasteiger partial charge in [-0.2, -0.15) is 0 Å². The van der Waals surface area contributed by atoms with E-state index in [1.165, 1.54) is 7.11 Å². The summed E-state index contributed by atoms with van der Waals surface area (Å²) in [5.74, 6) is -0.215. The predicted molar refractivity (Wildman–Crippen MR) is 87.2 cm³/mol. The third kappa shape index (κ3) is 3.36. The number of carbonyl (C=O) groups is 2. The molecule has 0 bridgehead atoms. The highest BCUT2D eigenvalue weighted by Crippen LogP contribution is 2.25. The number of nitrogens with one attached hydrogen (secondary N) is 2. The third-order valence-electron chi connectivity index (χ3n) is 3.50. The maximum atomic E-state index is 12.5. The lowest BCUT2D eigenvalue weighted by Crippen LogP contribution is -2.14. The molecule has 0 saturated carbocycles. The molecule has 0 unspecified atom stereocenters. The minimum absolute atomic E-state index is 0.283. The molecule has 1 heterocycles. The van der Waals surface area contributed by atoms with Crippen LogP contribution in [-0.2, 0) is 4.74 Å². The highest BCUT2D eigenvalue weighted by molar-refractivity contribution is 6.07. The van der Waals surface area contributed by atoms with E-state index in [0.29, 0.717) is 34.0 Å². The molecule has 2 N–H and O–H groups in total. The number of para-hydroxylation sites is 2. The molecule has 0 aliphatic rings. The number of esters is 1. The Balaban J connectivity index is 2.30. The standard InChI is InChI=1S/C17H20N2O4/c1-5-23-17(21)14-10(2)15(18-11(14)3)16(20)19-12-8-6-7-9-13(12)22-4/h6-9,18H,5H2,1-4H3,(H,19,20). The van der Waals surface area contributed by atoms with Crippen molar-refractivity contribution in [1.29, 1.82) is 0 Å². The number of carbonyl (C=O) groups excluding carboxylic acids is 2. The van der Waals surface area contributed by atoms with Crippen LogP contribution in [0, 0.1) is 13.8 Å². The summed E-state index contributed by atoms with van der Waals surface area (Å²) in [5, 5.41) is 2.78. The normalized spacial score (nSPS) is 10.3. The van der Waals surface area contributed by atoms with Gasteiger partial charge in [-0.05, 0) is 38.5 Å². The van der Waals surface area contributed by atoms with Gasteiger partial charge in [0.15, 0.2) is 0 Å². The molecule has 23 heavy (non-hydrogen) atoms. The summed E-state index contributed by atoms with van der Waals surface area (Å²) in [5.41, 5.74) is 2.46. The predicted octanol–water partition coefficient (Wildman–Crippen LogP) is 3.07. The van der Waals surface area contributed by atoms with E-state index in [4.69, 9.17) is 9.47 Å². The van der Waals surface area contributed by atoms with E-state index in [1.54, 1.807) is 39.0 Å². The Kier molecular flexibility index (Phi) is 5.05. The van der Waals surface area contributed by atoms with E-state index < -0.39 is 5.97 Å². The smallest absolute Gasteiger partial charge is 0.340 e. The number of anilines is 1. The zero-order valence-electron chi connectivity index (χ0n) is 13.6. The van der Waals surface area contributed by atoms with Crippen LogP contribution >= 0.6 is 0 Å². The summed E-state index contributed by atoms with van der Waals surface area (Å²) >= 11 is 0. The summed E-state index contributed by atoms with van der Waals surface area (Å²) in [7, 11) is 1.54. The van der Waals surface area contributed by atoms with Crippen LogP contribution in [0.3, 0.4) is 0 Å². The first-order chi connectivity index (χ1) is 11.0. The number of H-pyrrole nitrogens is 1. The maximum Gasteiger partial charge on any atom is 0.340 e. The van der Waals surface area contributed by atoms with Gasteiger partial charge in [0.05, 0.1) is 25.0 Å². The van der Waals surface area contributed by atoms with Crippen molar-refractivity contribution in [2.24, 2.45) is 0 Å². The van der Waals surface area contributed by atoms with Crippen molar-refractivity contribution < 1.29 is 19.1 Å². The third-order valence-corrected chi connectivity index (χ3v) is 3.50. The molecular formula is C17H20N2O4. The second-order valence-electron chi connectivity index (χ2n) is 5.00. The van der Waals surface area contributed by atoms with Gasteiger partial charge in [0.2, 0.25) is 0 Å². The summed E-state index contributed by atoms with van der Waals surface area (Å²) < 4.78 is 10.2. The summed E-state index contributed by atoms with van der Waals surface area (Å²) in [4.78, 5) is 27.4. The van der Waals surface area contributed by atoms with Gasteiger partial charge in [-0.25, -0.2) is 4.79 Å². The van der Waals surface area contributed by atoms with Gasteiger partial charge in [0.1, 0.15) is 11.4 Å². The van der Waals surface area contributed by atoms with Gasteiger partial charge >= 0.3 is 5.97 Å². The van der Waals surface area contributed by atoms with Crippen molar-refractivity contribution in [3.63, 3.8) is 0 Å². The lowest BCUT2D eigenvalue weighted by molar-refractivity contribution is 0.0525. The van der Waals surface area contributed by atoms with Crippen LogP contribution in [0.2, 0.25) is 0 Å². The van der Waals surface area contributed by atoms with Crippen LogP contribution in [-0.4, -0.2) is 30.6 Å². The summed E-state index contributed by atoms with van der Waals surface area (Å²) in [6.45, 7) is 5.47. The molecule has 6 heteroatoms. The topological polar surface area (TPSA) is 80.4 Å². The average molecular weight is 316 g/mol. The van der Waals surface area contributed by atoms with Gasteiger partial charge in [0.25, 0.3) is 5.91 Å². The van der Waals surface area contributed by atoms with Crippen molar-refractivity contribution in [3.8, 4) is 5.75 Å². The Labute approximate surface area is 134 Å². The highest BCUT2D eigenvalue weighted by atomic mass is 16.5.